The highest BCUT2D eigenvalue weighted by molar-refractivity contribution is 5.99. The summed E-state index contributed by atoms with van der Waals surface area (Å²) in [5, 5.41) is 11.0. The van der Waals surface area contributed by atoms with Crippen LogP contribution in [0.3, 0.4) is 0 Å². The molecule has 0 saturated carbocycles. The van der Waals surface area contributed by atoms with Crippen LogP contribution < -0.4 is 11.1 Å². The molecule has 0 aliphatic rings. The Kier molecular flexibility index (Phi) is 3.25. The van der Waals surface area contributed by atoms with E-state index in [2.05, 4.69) is 5.32 Å². The number of carbonyl (C=O) groups excluding carboxylic acids is 2. The average Bonchev–Trinajstić information content (AvgIpc) is 2.20. The number of aryl methyl sites for hydroxylation is 1. The van der Waals surface area contributed by atoms with Crippen molar-refractivity contribution < 1.29 is 14.8 Å². The van der Waals surface area contributed by atoms with Crippen molar-refractivity contribution in [1.82, 2.24) is 5.06 Å². The molecule has 4 amide bonds. The number of primary amides is 1. The molecule has 0 spiro atoms. The first-order chi connectivity index (χ1) is 7.02. The first-order valence-electron chi connectivity index (χ1n) is 4.17. The van der Waals surface area contributed by atoms with Crippen LogP contribution >= 0.6 is 0 Å². The number of imide groups is 1. The van der Waals surface area contributed by atoms with Crippen LogP contribution in [0, 0.1) is 6.92 Å². The van der Waals surface area contributed by atoms with Gasteiger partial charge in [-0.2, -0.15) is 0 Å². The SMILES string of the molecule is Cc1ccccc1NC(=O)N(O)C(N)=O. The Morgan fingerprint density at radius 2 is 2.00 bits per heavy atom. The van der Waals surface area contributed by atoms with E-state index < -0.39 is 12.1 Å². The number of hydroxylamine groups is 2. The fourth-order valence-electron chi connectivity index (χ4n) is 0.981. The second-order valence-electron chi connectivity index (χ2n) is 2.90. The summed E-state index contributed by atoms with van der Waals surface area (Å²) in [7, 11) is 0. The number of carbonyl (C=O) groups is 2. The predicted octanol–water partition coefficient (Wildman–Crippen LogP) is 1.30. The highest BCUT2D eigenvalue weighted by atomic mass is 16.5. The topological polar surface area (TPSA) is 95.7 Å². The van der Waals surface area contributed by atoms with E-state index in [1.807, 2.05) is 0 Å². The number of hydrogen-bond donors (Lipinski definition) is 3. The van der Waals surface area contributed by atoms with E-state index in [0.717, 1.165) is 5.56 Å². The standard InChI is InChI=1S/C9H11N3O3/c1-6-4-2-3-5-7(6)11-9(14)12(15)8(10)13/h2-5,15H,1H3,(H2,10,13)(H,11,14). The normalized spacial score (nSPS) is 9.47. The molecular weight excluding hydrogens is 198 g/mol. The minimum absolute atomic E-state index is 0.188. The lowest BCUT2D eigenvalue weighted by Gasteiger charge is -2.12. The van der Waals surface area contributed by atoms with Crippen LogP contribution in [0.1, 0.15) is 5.56 Å². The lowest BCUT2D eigenvalue weighted by Crippen LogP contribution is -2.40. The molecule has 0 heterocycles. The molecule has 15 heavy (non-hydrogen) atoms. The quantitative estimate of drug-likeness (QED) is 0.480. The number of nitrogens with two attached hydrogens (primary N) is 1. The summed E-state index contributed by atoms with van der Waals surface area (Å²) < 4.78 is 0. The maximum atomic E-state index is 11.2. The number of nitrogens with zero attached hydrogens (tertiary/aromatic N) is 1. The Balaban J connectivity index is 2.75. The molecule has 0 radical (unpaired) electrons. The van der Waals surface area contributed by atoms with E-state index in [4.69, 9.17) is 10.9 Å². The van der Waals surface area contributed by atoms with E-state index in [0.29, 0.717) is 5.69 Å². The van der Waals surface area contributed by atoms with Gasteiger partial charge in [-0.15, -0.1) is 5.06 Å². The molecule has 1 rings (SSSR count). The van der Waals surface area contributed by atoms with Gasteiger partial charge in [-0.05, 0) is 18.6 Å². The van der Waals surface area contributed by atoms with Gasteiger partial charge in [0.05, 0.1) is 0 Å². The van der Waals surface area contributed by atoms with Crippen LogP contribution in [-0.4, -0.2) is 22.3 Å². The van der Waals surface area contributed by atoms with Crippen molar-refractivity contribution in [3.8, 4) is 0 Å². The second-order valence-corrected chi connectivity index (χ2v) is 2.90. The second kappa shape index (κ2) is 4.43. The third-order valence-corrected chi connectivity index (χ3v) is 1.79. The van der Waals surface area contributed by atoms with Crippen molar-refractivity contribution in [1.29, 1.82) is 0 Å². The zero-order chi connectivity index (χ0) is 11.4. The number of anilines is 1. The lowest BCUT2D eigenvalue weighted by molar-refractivity contribution is 0.00708. The Bertz CT molecular complexity index is 392. The van der Waals surface area contributed by atoms with Crippen molar-refractivity contribution in [2.75, 3.05) is 5.32 Å². The summed E-state index contributed by atoms with van der Waals surface area (Å²) in [6.07, 6.45) is 0. The molecule has 0 fully saturated rings. The van der Waals surface area contributed by atoms with Crippen molar-refractivity contribution in [3.63, 3.8) is 0 Å². The molecule has 4 N–H and O–H groups in total. The largest absolute Gasteiger partial charge is 0.354 e. The zero-order valence-electron chi connectivity index (χ0n) is 8.10. The molecule has 0 aliphatic carbocycles. The van der Waals surface area contributed by atoms with E-state index in [9.17, 15) is 9.59 Å². The Hall–Kier alpha value is -2.08. The number of amides is 4. The zero-order valence-corrected chi connectivity index (χ0v) is 8.10. The molecule has 1 aromatic carbocycles. The summed E-state index contributed by atoms with van der Waals surface area (Å²) >= 11 is 0. The maximum Gasteiger partial charge on any atom is 0.354 e. The molecule has 0 aliphatic heterocycles. The molecule has 0 unspecified atom stereocenters. The van der Waals surface area contributed by atoms with E-state index in [1.54, 1.807) is 31.2 Å². The van der Waals surface area contributed by atoms with Gasteiger partial charge in [0.2, 0.25) is 0 Å². The Morgan fingerprint density at radius 3 is 2.53 bits per heavy atom. The Labute approximate surface area is 86.2 Å². The summed E-state index contributed by atoms with van der Waals surface area (Å²) in [5.74, 6) is 0. The van der Waals surface area contributed by atoms with Gasteiger partial charge in [0.1, 0.15) is 0 Å². The number of urea groups is 2. The number of rotatable bonds is 1. The van der Waals surface area contributed by atoms with Gasteiger partial charge in [-0.1, -0.05) is 18.2 Å². The molecular formula is C9H11N3O3. The molecule has 6 heteroatoms. The van der Waals surface area contributed by atoms with Gasteiger partial charge in [-0.25, -0.2) is 9.59 Å². The molecule has 80 valence electrons. The van der Waals surface area contributed by atoms with Gasteiger partial charge < -0.3 is 11.1 Å². The predicted molar refractivity (Wildman–Crippen MR) is 53.4 cm³/mol. The minimum Gasteiger partial charge on any atom is -0.349 e. The molecule has 0 saturated heterocycles. The van der Waals surface area contributed by atoms with E-state index >= 15 is 0 Å². The van der Waals surface area contributed by atoms with Crippen LogP contribution in [-0.2, 0) is 0 Å². The number of benzene rings is 1. The number of para-hydroxylation sites is 1. The highest BCUT2D eigenvalue weighted by Gasteiger charge is 2.16. The van der Waals surface area contributed by atoms with Crippen molar-refractivity contribution in [2.45, 2.75) is 6.92 Å². The van der Waals surface area contributed by atoms with Crippen LogP contribution in [0.5, 0.6) is 0 Å². The van der Waals surface area contributed by atoms with Crippen LogP contribution in [0.2, 0.25) is 0 Å². The number of nitrogens with one attached hydrogen (secondary N) is 1. The Morgan fingerprint density at radius 1 is 1.40 bits per heavy atom. The van der Waals surface area contributed by atoms with Gasteiger partial charge in [0, 0.05) is 5.69 Å². The summed E-state index contributed by atoms with van der Waals surface area (Å²) in [6.45, 7) is 1.78. The first-order valence-corrected chi connectivity index (χ1v) is 4.17. The maximum absolute atomic E-state index is 11.2. The van der Waals surface area contributed by atoms with Crippen LogP contribution in [0.15, 0.2) is 24.3 Å². The molecule has 0 atom stereocenters. The summed E-state index contributed by atoms with van der Waals surface area (Å²) in [4.78, 5) is 21.6. The average molecular weight is 209 g/mol. The number of hydrogen-bond acceptors (Lipinski definition) is 3. The summed E-state index contributed by atoms with van der Waals surface area (Å²) in [6, 6.07) is 4.71. The van der Waals surface area contributed by atoms with Gasteiger partial charge in [0.25, 0.3) is 0 Å². The smallest absolute Gasteiger partial charge is 0.349 e. The monoisotopic (exact) mass is 209 g/mol. The van der Waals surface area contributed by atoms with Gasteiger partial charge in [0.15, 0.2) is 0 Å². The molecule has 0 aromatic heterocycles. The van der Waals surface area contributed by atoms with Crippen LogP contribution in [0.4, 0.5) is 15.3 Å². The highest BCUT2D eigenvalue weighted by Crippen LogP contribution is 2.13. The lowest BCUT2D eigenvalue weighted by atomic mass is 10.2. The van der Waals surface area contributed by atoms with E-state index in [1.165, 1.54) is 0 Å². The summed E-state index contributed by atoms with van der Waals surface area (Å²) in [5.41, 5.74) is 6.02. The van der Waals surface area contributed by atoms with Gasteiger partial charge in [-0.3, -0.25) is 5.21 Å². The van der Waals surface area contributed by atoms with Gasteiger partial charge >= 0.3 is 12.1 Å². The fraction of sp³-hybridized carbons (Fsp3) is 0.111. The molecule has 0 bridgehead atoms. The third kappa shape index (κ3) is 2.68. The third-order valence-electron chi connectivity index (χ3n) is 1.79. The van der Waals surface area contributed by atoms with E-state index in [-0.39, 0.29) is 5.06 Å². The minimum atomic E-state index is -1.24. The fourth-order valence-corrected chi connectivity index (χ4v) is 0.981. The van der Waals surface area contributed by atoms with Crippen molar-refractivity contribution >= 4 is 17.7 Å². The van der Waals surface area contributed by atoms with Crippen molar-refractivity contribution in [3.05, 3.63) is 29.8 Å². The molecule has 1 aromatic rings. The van der Waals surface area contributed by atoms with Crippen LogP contribution in [0.25, 0.3) is 0 Å². The van der Waals surface area contributed by atoms with Crippen molar-refractivity contribution in [2.24, 2.45) is 5.73 Å². The molecule has 6 nitrogen and oxygen atoms in total. The first kappa shape index (κ1) is 11.0.